The Morgan fingerprint density at radius 1 is 1.18 bits per heavy atom. The third-order valence-electron chi connectivity index (χ3n) is 4.14. The number of aliphatic hydroxyl groups is 1. The number of carbonyl (C=O) groups excluding carboxylic acids is 1. The van der Waals surface area contributed by atoms with E-state index in [9.17, 15) is 9.90 Å². The standard InChI is InChI=1S/C21H30N4O3/c1-5-22-20(24-14-21(4,27)19-11-6-15(2)28-19)23-13-12-17-7-9-18(10-8-17)25-16(3)26/h6-11,27H,5,12-14H2,1-4H3,(H,25,26)(H2,22,23,24). The molecule has 28 heavy (non-hydrogen) atoms. The van der Waals surface area contributed by atoms with Crippen LogP contribution < -0.4 is 16.0 Å². The summed E-state index contributed by atoms with van der Waals surface area (Å²) in [7, 11) is 0. The summed E-state index contributed by atoms with van der Waals surface area (Å²) in [5.41, 5.74) is 0.765. The molecule has 0 aliphatic carbocycles. The number of nitrogens with zero attached hydrogens (tertiary/aromatic N) is 1. The second kappa shape index (κ2) is 9.94. The fraction of sp³-hybridized carbons (Fsp3) is 0.429. The molecule has 0 fully saturated rings. The van der Waals surface area contributed by atoms with Gasteiger partial charge in [-0.05, 0) is 57.0 Å². The number of carbonyl (C=O) groups is 1. The average molecular weight is 386 g/mol. The Morgan fingerprint density at radius 2 is 1.89 bits per heavy atom. The fourth-order valence-electron chi connectivity index (χ4n) is 2.66. The highest BCUT2D eigenvalue weighted by Crippen LogP contribution is 2.23. The molecule has 1 aromatic heterocycles. The Bertz CT molecular complexity index is 794. The molecule has 0 bridgehead atoms. The minimum Gasteiger partial charge on any atom is -0.463 e. The van der Waals surface area contributed by atoms with Gasteiger partial charge in [0.05, 0.1) is 6.54 Å². The van der Waals surface area contributed by atoms with Crippen molar-refractivity contribution >= 4 is 17.6 Å². The molecule has 4 N–H and O–H groups in total. The Hall–Kier alpha value is -2.80. The lowest BCUT2D eigenvalue weighted by atomic mass is 10.0. The topological polar surface area (TPSA) is 98.9 Å². The van der Waals surface area contributed by atoms with Crippen LogP contribution in [0.1, 0.15) is 37.9 Å². The molecule has 7 heteroatoms. The Morgan fingerprint density at radius 3 is 2.46 bits per heavy atom. The van der Waals surface area contributed by atoms with Gasteiger partial charge in [-0.15, -0.1) is 0 Å². The van der Waals surface area contributed by atoms with Crippen LogP contribution in [0, 0.1) is 6.92 Å². The molecule has 1 amide bonds. The van der Waals surface area contributed by atoms with E-state index in [2.05, 4.69) is 20.9 Å². The van der Waals surface area contributed by atoms with Crippen LogP contribution in [-0.2, 0) is 16.8 Å². The minimum absolute atomic E-state index is 0.0819. The molecule has 1 unspecified atom stereocenters. The van der Waals surface area contributed by atoms with Crippen molar-refractivity contribution in [1.29, 1.82) is 0 Å². The number of amides is 1. The summed E-state index contributed by atoms with van der Waals surface area (Å²) >= 11 is 0. The number of aliphatic imine (C=N–C) groups is 1. The third kappa shape index (κ3) is 6.74. The predicted octanol–water partition coefficient (Wildman–Crippen LogP) is 2.55. The van der Waals surface area contributed by atoms with Crippen molar-refractivity contribution in [3.05, 3.63) is 53.5 Å². The number of rotatable bonds is 8. The molecule has 7 nitrogen and oxygen atoms in total. The molecule has 2 aromatic rings. The van der Waals surface area contributed by atoms with Crippen molar-refractivity contribution in [3.8, 4) is 0 Å². The molecule has 2 rings (SSSR count). The summed E-state index contributed by atoms with van der Waals surface area (Å²) in [6.07, 6.45) is 0.804. The fourth-order valence-corrected chi connectivity index (χ4v) is 2.66. The zero-order valence-corrected chi connectivity index (χ0v) is 17.0. The first kappa shape index (κ1) is 21.5. The van der Waals surface area contributed by atoms with Gasteiger partial charge in [-0.3, -0.25) is 4.79 Å². The van der Waals surface area contributed by atoms with E-state index >= 15 is 0 Å². The number of guanidine groups is 1. The number of aryl methyl sites for hydroxylation is 1. The maximum Gasteiger partial charge on any atom is 0.221 e. The third-order valence-corrected chi connectivity index (χ3v) is 4.14. The van der Waals surface area contributed by atoms with Crippen LogP contribution >= 0.6 is 0 Å². The van der Waals surface area contributed by atoms with Gasteiger partial charge in [-0.2, -0.15) is 0 Å². The van der Waals surface area contributed by atoms with Crippen LogP contribution in [0.25, 0.3) is 0 Å². The monoisotopic (exact) mass is 386 g/mol. The van der Waals surface area contributed by atoms with Gasteiger partial charge in [0.25, 0.3) is 0 Å². The maximum atomic E-state index is 11.1. The van der Waals surface area contributed by atoms with E-state index in [-0.39, 0.29) is 12.5 Å². The van der Waals surface area contributed by atoms with Crippen molar-refractivity contribution in [3.63, 3.8) is 0 Å². The van der Waals surface area contributed by atoms with Crippen LogP contribution in [0.3, 0.4) is 0 Å². The summed E-state index contributed by atoms with van der Waals surface area (Å²) in [6, 6.07) is 11.4. The largest absolute Gasteiger partial charge is 0.463 e. The number of furan rings is 1. The normalized spacial score (nSPS) is 13.7. The first-order valence-electron chi connectivity index (χ1n) is 9.48. The van der Waals surface area contributed by atoms with E-state index in [1.807, 2.05) is 44.2 Å². The number of anilines is 1. The highest BCUT2D eigenvalue weighted by atomic mass is 16.4. The van der Waals surface area contributed by atoms with Crippen LogP contribution in [0.2, 0.25) is 0 Å². The molecule has 0 radical (unpaired) electrons. The summed E-state index contributed by atoms with van der Waals surface area (Å²) in [6.45, 7) is 8.61. The van der Waals surface area contributed by atoms with Crippen molar-refractivity contribution in [1.82, 2.24) is 10.6 Å². The van der Waals surface area contributed by atoms with Gasteiger partial charge < -0.3 is 25.5 Å². The molecular weight excluding hydrogens is 356 g/mol. The minimum atomic E-state index is -1.17. The van der Waals surface area contributed by atoms with Gasteiger partial charge in [-0.1, -0.05) is 12.1 Å². The Kier molecular flexibility index (Phi) is 7.63. The van der Waals surface area contributed by atoms with Gasteiger partial charge in [0.1, 0.15) is 17.1 Å². The van der Waals surface area contributed by atoms with Crippen LogP contribution in [0.15, 0.2) is 45.8 Å². The van der Waals surface area contributed by atoms with E-state index in [0.29, 0.717) is 18.3 Å². The summed E-state index contributed by atoms with van der Waals surface area (Å²) in [5.74, 6) is 1.82. The number of hydrogen-bond acceptors (Lipinski definition) is 4. The first-order valence-corrected chi connectivity index (χ1v) is 9.48. The van der Waals surface area contributed by atoms with Crippen molar-refractivity contribution in [2.45, 2.75) is 39.7 Å². The molecule has 0 saturated carbocycles. The van der Waals surface area contributed by atoms with Crippen molar-refractivity contribution in [2.24, 2.45) is 4.99 Å². The highest BCUT2D eigenvalue weighted by Gasteiger charge is 2.26. The van der Waals surface area contributed by atoms with Crippen molar-refractivity contribution in [2.75, 3.05) is 25.0 Å². The SMILES string of the molecule is CCNC(=NCC(C)(O)c1ccc(C)o1)NCCc1ccc(NC(C)=O)cc1. The Labute approximate surface area is 166 Å². The zero-order chi connectivity index (χ0) is 20.6. The molecule has 1 aromatic carbocycles. The van der Waals surface area contributed by atoms with Crippen LogP contribution in [0.4, 0.5) is 5.69 Å². The van der Waals surface area contributed by atoms with Crippen molar-refractivity contribution < 1.29 is 14.3 Å². The molecule has 0 aliphatic heterocycles. The van der Waals surface area contributed by atoms with Crippen LogP contribution in [-0.4, -0.2) is 36.6 Å². The van der Waals surface area contributed by atoms with E-state index in [1.54, 1.807) is 13.0 Å². The lowest BCUT2D eigenvalue weighted by molar-refractivity contribution is -0.114. The van der Waals surface area contributed by atoms with Gasteiger partial charge in [0, 0.05) is 25.7 Å². The molecular formula is C21H30N4O3. The molecule has 1 heterocycles. The summed E-state index contributed by atoms with van der Waals surface area (Å²) in [4.78, 5) is 15.6. The summed E-state index contributed by atoms with van der Waals surface area (Å²) in [5, 5.41) is 19.8. The lowest BCUT2D eigenvalue weighted by Crippen LogP contribution is -2.39. The number of nitrogens with one attached hydrogen (secondary N) is 3. The molecule has 152 valence electrons. The van der Waals surface area contributed by atoms with Gasteiger partial charge in [0.15, 0.2) is 5.96 Å². The quantitative estimate of drug-likeness (QED) is 0.413. The number of hydrogen-bond donors (Lipinski definition) is 4. The van der Waals surface area contributed by atoms with Gasteiger partial charge in [0.2, 0.25) is 5.91 Å². The number of benzene rings is 1. The smallest absolute Gasteiger partial charge is 0.221 e. The molecule has 1 atom stereocenters. The van der Waals surface area contributed by atoms with E-state index < -0.39 is 5.60 Å². The summed E-state index contributed by atoms with van der Waals surface area (Å²) < 4.78 is 5.53. The van der Waals surface area contributed by atoms with Gasteiger partial charge in [-0.25, -0.2) is 4.99 Å². The van der Waals surface area contributed by atoms with E-state index in [4.69, 9.17) is 4.42 Å². The van der Waals surface area contributed by atoms with Gasteiger partial charge >= 0.3 is 0 Å². The maximum absolute atomic E-state index is 11.1. The predicted molar refractivity (Wildman–Crippen MR) is 111 cm³/mol. The highest BCUT2D eigenvalue weighted by molar-refractivity contribution is 5.88. The average Bonchev–Trinajstić information content (AvgIpc) is 3.08. The lowest BCUT2D eigenvalue weighted by Gasteiger charge is -2.19. The zero-order valence-electron chi connectivity index (χ0n) is 17.0. The molecule has 0 spiro atoms. The van der Waals surface area contributed by atoms with E-state index in [1.165, 1.54) is 6.92 Å². The molecule has 0 aliphatic rings. The Balaban J connectivity index is 1.89. The van der Waals surface area contributed by atoms with E-state index in [0.717, 1.165) is 30.0 Å². The van der Waals surface area contributed by atoms with Crippen LogP contribution in [0.5, 0.6) is 0 Å². The first-order chi connectivity index (χ1) is 13.3. The second-order valence-electron chi connectivity index (χ2n) is 6.93. The molecule has 0 saturated heterocycles. The second-order valence-corrected chi connectivity index (χ2v) is 6.93.